The van der Waals surface area contributed by atoms with E-state index in [0.29, 0.717) is 27.1 Å². The van der Waals surface area contributed by atoms with E-state index in [9.17, 15) is 9.59 Å². The van der Waals surface area contributed by atoms with E-state index in [1.165, 1.54) is 16.3 Å². The van der Waals surface area contributed by atoms with Gasteiger partial charge in [-0.3, -0.25) is 18.6 Å². The Morgan fingerprint density at radius 1 is 1.13 bits per heavy atom. The number of hydrogen-bond acceptors (Lipinski definition) is 5. The second kappa shape index (κ2) is 9.11. The van der Waals surface area contributed by atoms with Crippen LogP contribution in [0.15, 0.2) is 58.5 Å². The van der Waals surface area contributed by atoms with Crippen LogP contribution in [-0.4, -0.2) is 31.1 Å². The minimum atomic E-state index is -0.179. The molecule has 2 aromatic heterocycles. The first kappa shape index (κ1) is 21.4. The number of halogens is 1. The Kier molecular flexibility index (Phi) is 6.29. The summed E-state index contributed by atoms with van der Waals surface area (Å²) in [4.78, 5) is 25.3. The summed E-state index contributed by atoms with van der Waals surface area (Å²) in [5, 5.41) is 13.4. The molecule has 2 aromatic carbocycles. The number of aryl methyl sites for hydroxylation is 1. The van der Waals surface area contributed by atoms with Gasteiger partial charge in [0, 0.05) is 29.8 Å². The summed E-state index contributed by atoms with van der Waals surface area (Å²) in [6.45, 7) is 4.04. The van der Waals surface area contributed by atoms with Gasteiger partial charge in [-0.05, 0) is 43.7 Å². The third-order valence-corrected chi connectivity index (χ3v) is 6.02. The Hall–Kier alpha value is -2.84. The van der Waals surface area contributed by atoms with Gasteiger partial charge in [-0.25, -0.2) is 0 Å². The molecular formula is C22H22ClN5O2S. The second-order valence-electron chi connectivity index (χ2n) is 7.48. The number of fused-ring (bicyclic) bond motifs is 3. The Morgan fingerprint density at radius 2 is 1.87 bits per heavy atom. The lowest BCUT2D eigenvalue weighted by Crippen LogP contribution is -2.32. The minimum absolute atomic E-state index is 0.0461. The number of rotatable bonds is 7. The first-order valence-electron chi connectivity index (χ1n) is 9.97. The first-order valence-corrected chi connectivity index (χ1v) is 11.3. The van der Waals surface area contributed by atoms with Crippen molar-refractivity contribution in [3.63, 3.8) is 0 Å². The number of hydrogen-bond donors (Lipinski definition) is 1. The Bertz CT molecular complexity index is 1300. The highest BCUT2D eigenvalue weighted by molar-refractivity contribution is 7.98. The molecule has 1 amide bonds. The molecule has 0 radical (unpaired) electrons. The monoisotopic (exact) mass is 455 g/mol. The van der Waals surface area contributed by atoms with Gasteiger partial charge in [-0.15, -0.1) is 10.2 Å². The summed E-state index contributed by atoms with van der Waals surface area (Å²) in [5.41, 5.74) is 1.67. The lowest BCUT2D eigenvalue weighted by atomic mass is 10.2. The molecule has 4 aromatic rings. The van der Waals surface area contributed by atoms with Crippen molar-refractivity contribution in [3.8, 4) is 0 Å². The van der Waals surface area contributed by atoms with Crippen LogP contribution in [0.2, 0.25) is 5.02 Å². The van der Waals surface area contributed by atoms with Gasteiger partial charge in [-0.2, -0.15) is 0 Å². The molecule has 0 bridgehead atoms. The molecule has 0 unspecified atom stereocenters. The summed E-state index contributed by atoms with van der Waals surface area (Å²) in [6, 6.07) is 15.1. The van der Waals surface area contributed by atoms with Crippen LogP contribution in [0.1, 0.15) is 25.8 Å². The predicted octanol–water partition coefficient (Wildman–Crippen LogP) is 3.90. The molecule has 2 heterocycles. The van der Waals surface area contributed by atoms with Gasteiger partial charge in [0.15, 0.2) is 5.16 Å². The van der Waals surface area contributed by atoms with Crippen molar-refractivity contribution in [2.75, 3.05) is 0 Å². The molecule has 0 aliphatic carbocycles. The van der Waals surface area contributed by atoms with Crippen molar-refractivity contribution in [1.29, 1.82) is 0 Å². The molecule has 0 aliphatic heterocycles. The number of carbonyl (C=O) groups is 1. The fraction of sp³-hybridized carbons (Fsp3) is 0.273. The summed E-state index contributed by atoms with van der Waals surface area (Å²) < 4.78 is 3.42. The third-order valence-electron chi connectivity index (χ3n) is 4.77. The molecule has 0 saturated carbocycles. The molecule has 4 rings (SSSR count). The fourth-order valence-corrected chi connectivity index (χ4v) is 4.39. The van der Waals surface area contributed by atoms with Crippen molar-refractivity contribution in [2.24, 2.45) is 0 Å². The average Bonchev–Trinajstić information content (AvgIpc) is 3.17. The van der Waals surface area contributed by atoms with Gasteiger partial charge in [0.2, 0.25) is 11.7 Å². The van der Waals surface area contributed by atoms with Crippen LogP contribution in [0.4, 0.5) is 0 Å². The molecule has 160 valence electrons. The van der Waals surface area contributed by atoms with Crippen LogP contribution < -0.4 is 10.9 Å². The van der Waals surface area contributed by atoms with Crippen molar-refractivity contribution in [3.05, 3.63) is 69.5 Å². The zero-order valence-electron chi connectivity index (χ0n) is 17.2. The summed E-state index contributed by atoms with van der Waals surface area (Å²) in [7, 11) is 0. The maximum absolute atomic E-state index is 13.1. The molecule has 0 saturated heterocycles. The van der Waals surface area contributed by atoms with Crippen LogP contribution in [0.25, 0.3) is 16.7 Å². The van der Waals surface area contributed by atoms with E-state index < -0.39 is 0 Å². The van der Waals surface area contributed by atoms with Crippen LogP contribution in [-0.2, 0) is 17.1 Å². The number of para-hydroxylation sites is 1. The zero-order chi connectivity index (χ0) is 22.0. The SMILES string of the molecule is CC(C)NC(=O)CCn1c(=O)c2ccccc2n2c(SCc3ccc(Cl)cc3)nnc12. The number of benzene rings is 2. The third kappa shape index (κ3) is 4.60. The van der Waals surface area contributed by atoms with Crippen molar-refractivity contribution in [1.82, 2.24) is 24.5 Å². The Morgan fingerprint density at radius 3 is 2.61 bits per heavy atom. The molecule has 9 heteroatoms. The fourth-order valence-electron chi connectivity index (χ4n) is 3.36. The van der Waals surface area contributed by atoms with E-state index in [2.05, 4.69) is 15.5 Å². The van der Waals surface area contributed by atoms with Crippen molar-refractivity contribution < 1.29 is 4.79 Å². The van der Waals surface area contributed by atoms with Crippen molar-refractivity contribution >= 4 is 46.0 Å². The maximum Gasteiger partial charge on any atom is 0.262 e. The molecular weight excluding hydrogens is 434 g/mol. The first-order chi connectivity index (χ1) is 14.9. The standard InChI is InChI=1S/C22H22ClN5O2S/c1-14(2)24-19(29)11-12-27-20(30)17-5-3-4-6-18(17)28-21(27)25-26-22(28)31-13-15-7-9-16(23)10-8-15/h3-10,14H,11-13H2,1-2H3,(H,24,29). The number of amides is 1. The van der Waals surface area contributed by atoms with E-state index in [1.807, 2.05) is 60.7 Å². The van der Waals surface area contributed by atoms with E-state index in [1.54, 1.807) is 6.07 Å². The van der Waals surface area contributed by atoms with Gasteiger partial charge in [-0.1, -0.05) is 47.6 Å². The van der Waals surface area contributed by atoms with Gasteiger partial charge >= 0.3 is 0 Å². The predicted molar refractivity (Wildman–Crippen MR) is 124 cm³/mol. The molecule has 0 fully saturated rings. The number of aromatic nitrogens is 4. The van der Waals surface area contributed by atoms with Gasteiger partial charge in [0.1, 0.15) is 0 Å². The van der Waals surface area contributed by atoms with E-state index >= 15 is 0 Å². The lowest BCUT2D eigenvalue weighted by molar-refractivity contribution is -0.121. The normalized spacial score (nSPS) is 11.5. The molecule has 0 spiro atoms. The van der Waals surface area contributed by atoms with Gasteiger partial charge < -0.3 is 5.32 Å². The average molecular weight is 456 g/mol. The smallest absolute Gasteiger partial charge is 0.262 e. The Balaban J connectivity index is 1.72. The topological polar surface area (TPSA) is 81.3 Å². The lowest BCUT2D eigenvalue weighted by Gasteiger charge is -2.12. The number of nitrogens with zero attached hydrogens (tertiary/aromatic N) is 4. The van der Waals surface area contributed by atoms with Crippen LogP contribution in [0.3, 0.4) is 0 Å². The summed E-state index contributed by atoms with van der Waals surface area (Å²) in [6.07, 6.45) is 0.187. The summed E-state index contributed by atoms with van der Waals surface area (Å²) in [5.74, 6) is 1.01. The highest BCUT2D eigenvalue weighted by Crippen LogP contribution is 2.25. The van der Waals surface area contributed by atoms with Crippen molar-refractivity contribution in [2.45, 2.75) is 43.8 Å². The van der Waals surface area contributed by atoms with Crippen LogP contribution in [0.5, 0.6) is 0 Å². The van der Waals surface area contributed by atoms with E-state index in [-0.39, 0.29) is 30.5 Å². The molecule has 1 N–H and O–H groups in total. The number of thioether (sulfide) groups is 1. The largest absolute Gasteiger partial charge is 0.354 e. The summed E-state index contributed by atoms with van der Waals surface area (Å²) >= 11 is 7.50. The minimum Gasteiger partial charge on any atom is -0.354 e. The van der Waals surface area contributed by atoms with E-state index in [4.69, 9.17) is 11.6 Å². The highest BCUT2D eigenvalue weighted by Gasteiger charge is 2.17. The van der Waals surface area contributed by atoms with Crippen LogP contribution >= 0.6 is 23.4 Å². The second-order valence-corrected chi connectivity index (χ2v) is 8.86. The highest BCUT2D eigenvalue weighted by atomic mass is 35.5. The molecule has 7 nitrogen and oxygen atoms in total. The molecule has 0 aliphatic rings. The van der Waals surface area contributed by atoms with Crippen LogP contribution in [0, 0.1) is 0 Å². The van der Waals surface area contributed by atoms with Gasteiger partial charge in [0.05, 0.1) is 10.9 Å². The molecule has 0 atom stereocenters. The zero-order valence-corrected chi connectivity index (χ0v) is 18.8. The maximum atomic E-state index is 13.1. The van der Waals surface area contributed by atoms with E-state index in [0.717, 1.165) is 11.1 Å². The van der Waals surface area contributed by atoms with Gasteiger partial charge in [0.25, 0.3) is 5.56 Å². The quantitative estimate of drug-likeness (QED) is 0.427. The number of nitrogens with one attached hydrogen (secondary N) is 1. The molecule has 31 heavy (non-hydrogen) atoms. The number of carbonyl (C=O) groups excluding carboxylic acids is 1. The Labute approximate surface area is 188 Å².